The summed E-state index contributed by atoms with van der Waals surface area (Å²) in [5.74, 6) is 0.808. The summed E-state index contributed by atoms with van der Waals surface area (Å²) in [5.41, 5.74) is 0.240. The lowest BCUT2D eigenvalue weighted by Gasteiger charge is -2.36. The number of aromatic nitrogens is 1. The normalized spacial score (nSPS) is 19.3. The van der Waals surface area contributed by atoms with Crippen molar-refractivity contribution in [1.29, 1.82) is 0 Å². The second-order valence-corrected chi connectivity index (χ2v) is 11.2. The Bertz CT molecular complexity index is 1120. The van der Waals surface area contributed by atoms with Gasteiger partial charge >= 0.3 is 6.18 Å². The zero-order valence-corrected chi connectivity index (χ0v) is 22.3. The molecule has 2 saturated heterocycles. The van der Waals surface area contributed by atoms with Gasteiger partial charge in [0.2, 0.25) is 5.91 Å². The molecule has 2 aromatic rings. The molecule has 1 aromatic heterocycles. The molecule has 11 heteroatoms. The van der Waals surface area contributed by atoms with Crippen LogP contribution in [0, 0.1) is 5.92 Å². The predicted octanol–water partition coefficient (Wildman–Crippen LogP) is 4.74. The van der Waals surface area contributed by atoms with Crippen molar-refractivity contribution in [2.75, 3.05) is 62.2 Å². The van der Waals surface area contributed by atoms with Crippen molar-refractivity contribution >= 4 is 34.0 Å². The van der Waals surface area contributed by atoms with Crippen molar-refractivity contribution in [3.05, 3.63) is 40.9 Å². The summed E-state index contributed by atoms with van der Waals surface area (Å²) in [5, 5.41) is 2.56. The SMILES string of the molecule is O=C(CCC1CCCC1)N1CCN(c2nc(C(=O)N3CCN(c4cccc(C(F)(F)F)c4)CC3)cs2)CC1. The van der Waals surface area contributed by atoms with Gasteiger partial charge in [-0.15, -0.1) is 11.3 Å². The van der Waals surface area contributed by atoms with E-state index in [0.29, 0.717) is 70.2 Å². The average Bonchev–Trinajstić information content (AvgIpc) is 3.64. The number of rotatable bonds is 6. The molecular formula is C27H34F3N5O2S. The lowest BCUT2D eigenvalue weighted by Crippen LogP contribution is -2.49. The minimum absolute atomic E-state index is 0.156. The summed E-state index contributed by atoms with van der Waals surface area (Å²) in [4.78, 5) is 38.0. The summed E-state index contributed by atoms with van der Waals surface area (Å²) in [6, 6.07) is 5.31. The largest absolute Gasteiger partial charge is 0.416 e. The van der Waals surface area contributed by atoms with Crippen LogP contribution in [0.4, 0.5) is 24.0 Å². The van der Waals surface area contributed by atoms with Gasteiger partial charge in [0.15, 0.2) is 5.13 Å². The molecule has 0 spiro atoms. The quantitative estimate of drug-likeness (QED) is 0.521. The van der Waals surface area contributed by atoms with E-state index in [1.165, 1.54) is 43.1 Å². The molecule has 0 radical (unpaired) electrons. The topological polar surface area (TPSA) is 60.0 Å². The maximum atomic E-state index is 13.1. The minimum Gasteiger partial charge on any atom is -0.368 e. The molecule has 1 aromatic carbocycles. The highest BCUT2D eigenvalue weighted by Crippen LogP contribution is 2.32. The van der Waals surface area contributed by atoms with E-state index in [1.807, 2.05) is 9.80 Å². The Morgan fingerprint density at radius 2 is 1.58 bits per heavy atom. The zero-order chi connectivity index (χ0) is 26.7. The van der Waals surface area contributed by atoms with Crippen LogP contribution < -0.4 is 9.80 Å². The second-order valence-electron chi connectivity index (χ2n) is 10.4. The molecule has 0 atom stereocenters. The number of thiazole rings is 1. The molecule has 7 nitrogen and oxygen atoms in total. The van der Waals surface area contributed by atoms with Crippen LogP contribution in [-0.2, 0) is 11.0 Å². The molecule has 1 saturated carbocycles. The van der Waals surface area contributed by atoms with E-state index >= 15 is 0 Å². The number of piperazine rings is 2. The van der Waals surface area contributed by atoms with Crippen LogP contribution in [0.3, 0.4) is 0 Å². The van der Waals surface area contributed by atoms with Gasteiger partial charge in [-0.3, -0.25) is 9.59 Å². The Morgan fingerprint density at radius 3 is 2.26 bits per heavy atom. The van der Waals surface area contributed by atoms with Crippen LogP contribution in [0.5, 0.6) is 0 Å². The van der Waals surface area contributed by atoms with Crippen LogP contribution in [0.1, 0.15) is 54.6 Å². The van der Waals surface area contributed by atoms with Gasteiger partial charge in [0.25, 0.3) is 5.91 Å². The van der Waals surface area contributed by atoms with Gasteiger partial charge in [0.05, 0.1) is 5.56 Å². The van der Waals surface area contributed by atoms with E-state index in [9.17, 15) is 22.8 Å². The highest BCUT2D eigenvalue weighted by atomic mass is 32.1. The number of benzene rings is 1. The Balaban J connectivity index is 1.09. The van der Waals surface area contributed by atoms with E-state index in [1.54, 1.807) is 16.3 Å². The summed E-state index contributed by atoms with van der Waals surface area (Å²) in [6.07, 6.45) is 2.38. The van der Waals surface area contributed by atoms with Crippen molar-refractivity contribution in [2.45, 2.75) is 44.7 Å². The van der Waals surface area contributed by atoms with E-state index in [-0.39, 0.29) is 11.8 Å². The molecule has 3 aliphatic rings. The van der Waals surface area contributed by atoms with Crippen LogP contribution in [-0.4, -0.2) is 79.0 Å². The molecule has 0 unspecified atom stereocenters. The van der Waals surface area contributed by atoms with Gasteiger partial charge in [-0.2, -0.15) is 13.2 Å². The van der Waals surface area contributed by atoms with Gasteiger partial charge in [0.1, 0.15) is 5.69 Å². The van der Waals surface area contributed by atoms with Gasteiger partial charge in [-0.1, -0.05) is 31.7 Å². The van der Waals surface area contributed by atoms with E-state index in [2.05, 4.69) is 9.88 Å². The van der Waals surface area contributed by atoms with Crippen molar-refractivity contribution in [1.82, 2.24) is 14.8 Å². The molecular weight excluding hydrogens is 515 g/mol. The lowest BCUT2D eigenvalue weighted by molar-refractivity contribution is -0.137. The maximum absolute atomic E-state index is 13.1. The van der Waals surface area contributed by atoms with E-state index in [0.717, 1.165) is 29.6 Å². The molecule has 38 heavy (non-hydrogen) atoms. The first-order valence-electron chi connectivity index (χ1n) is 13.5. The number of anilines is 2. The number of halogens is 3. The molecule has 3 heterocycles. The van der Waals surface area contributed by atoms with Crippen LogP contribution in [0.25, 0.3) is 0 Å². The van der Waals surface area contributed by atoms with Gasteiger partial charge < -0.3 is 19.6 Å². The summed E-state index contributed by atoms with van der Waals surface area (Å²) in [6.45, 7) is 4.50. The predicted molar refractivity (Wildman–Crippen MR) is 142 cm³/mol. The fraction of sp³-hybridized carbons (Fsp3) is 0.593. The average molecular weight is 550 g/mol. The van der Waals surface area contributed by atoms with Crippen LogP contribution in [0.15, 0.2) is 29.6 Å². The lowest BCUT2D eigenvalue weighted by atomic mass is 10.0. The van der Waals surface area contributed by atoms with Gasteiger partial charge in [-0.05, 0) is 30.5 Å². The third-order valence-electron chi connectivity index (χ3n) is 7.96. The first kappa shape index (κ1) is 26.8. The first-order valence-corrected chi connectivity index (χ1v) is 14.4. The monoisotopic (exact) mass is 549 g/mol. The fourth-order valence-electron chi connectivity index (χ4n) is 5.65. The number of carbonyl (C=O) groups excluding carboxylic acids is 2. The van der Waals surface area contributed by atoms with Crippen molar-refractivity contribution in [2.24, 2.45) is 5.92 Å². The molecule has 2 aliphatic heterocycles. The Kier molecular flexibility index (Phi) is 8.11. The number of hydrogen-bond acceptors (Lipinski definition) is 6. The summed E-state index contributed by atoms with van der Waals surface area (Å²) < 4.78 is 39.2. The standard InChI is InChI=1S/C27H34F3N5O2S/c28-27(29,30)21-6-3-7-22(18-21)32-10-14-34(15-11-32)25(37)23-19-38-26(31-23)35-16-12-33(13-17-35)24(36)9-8-20-4-1-2-5-20/h3,6-7,18-20H,1-2,4-5,8-17H2. The smallest absolute Gasteiger partial charge is 0.368 e. The minimum atomic E-state index is -4.38. The molecule has 0 N–H and O–H groups in total. The molecule has 0 bridgehead atoms. The Morgan fingerprint density at radius 1 is 0.921 bits per heavy atom. The Hall–Kier alpha value is -2.82. The van der Waals surface area contributed by atoms with Crippen molar-refractivity contribution in [3.8, 4) is 0 Å². The van der Waals surface area contributed by atoms with Gasteiger partial charge in [0, 0.05) is 69.8 Å². The van der Waals surface area contributed by atoms with E-state index < -0.39 is 11.7 Å². The van der Waals surface area contributed by atoms with Gasteiger partial charge in [-0.25, -0.2) is 4.98 Å². The number of carbonyl (C=O) groups is 2. The molecule has 3 fully saturated rings. The number of alkyl halides is 3. The Labute approximate surface area is 225 Å². The molecule has 206 valence electrons. The van der Waals surface area contributed by atoms with Crippen molar-refractivity contribution < 1.29 is 22.8 Å². The molecule has 5 rings (SSSR count). The first-order chi connectivity index (χ1) is 18.3. The van der Waals surface area contributed by atoms with Crippen LogP contribution in [0.2, 0.25) is 0 Å². The number of hydrogen-bond donors (Lipinski definition) is 0. The van der Waals surface area contributed by atoms with Crippen molar-refractivity contribution in [3.63, 3.8) is 0 Å². The molecule has 1 aliphatic carbocycles. The number of amides is 2. The number of nitrogens with zero attached hydrogens (tertiary/aromatic N) is 5. The molecule has 2 amide bonds. The third-order valence-corrected chi connectivity index (χ3v) is 8.86. The highest BCUT2D eigenvalue weighted by Gasteiger charge is 2.32. The van der Waals surface area contributed by atoms with Crippen LogP contribution >= 0.6 is 11.3 Å². The van der Waals surface area contributed by atoms with E-state index in [4.69, 9.17) is 0 Å². The third kappa shape index (κ3) is 6.24. The maximum Gasteiger partial charge on any atom is 0.416 e. The zero-order valence-electron chi connectivity index (χ0n) is 21.5. The second kappa shape index (κ2) is 11.5. The summed E-state index contributed by atoms with van der Waals surface area (Å²) in [7, 11) is 0. The summed E-state index contributed by atoms with van der Waals surface area (Å²) >= 11 is 1.43. The fourth-order valence-corrected chi connectivity index (χ4v) is 6.50. The highest BCUT2D eigenvalue weighted by molar-refractivity contribution is 7.13.